The summed E-state index contributed by atoms with van der Waals surface area (Å²) >= 11 is 0. The highest BCUT2D eigenvalue weighted by molar-refractivity contribution is 6.44. The van der Waals surface area contributed by atoms with E-state index in [1.54, 1.807) is 11.0 Å². The second kappa shape index (κ2) is 4.84. The van der Waals surface area contributed by atoms with E-state index in [4.69, 9.17) is 0 Å². The van der Waals surface area contributed by atoms with Gasteiger partial charge < -0.3 is 4.90 Å². The van der Waals surface area contributed by atoms with Crippen molar-refractivity contribution in [2.45, 2.75) is 12.8 Å². The van der Waals surface area contributed by atoms with Crippen molar-refractivity contribution in [3.8, 4) is 0 Å². The van der Waals surface area contributed by atoms with Gasteiger partial charge in [0.25, 0.3) is 11.7 Å². The smallest absolute Gasteiger partial charge is 0.294 e. The number of hydrogen-bond acceptors (Lipinski definition) is 2. The summed E-state index contributed by atoms with van der Waals surface area (Å²) in [6, 6.07) is 13.2. The molecule has 2 aromatic carbocycles. The van der Waals surface area contributed by atoms with Crippen molar-refractivity contribution < 1.29 is 9.59 Å². The highest BCUT2D eigenvalue weighted by Crippen LogP contribution is 2.20. The Morgan fingerprint density at radius 3 is 2.37 bits per heavy atom. The first-order valence-corrected chi connectivity index (χ1v) is 6.59. The van der Waals surface area contributed by atoms with Crippen LogP contribution in [-0.4, -0.2) is 29.7 Å². The van der Waals surface area contributed by atoms with Gasteiger partial charge in [-0.1, -0.05) is 42.5 Å². The van der Waals surface area contributed by atoms with Crippen LogP contribution in [0.4, 0.5) is 0 Å². The molecule has 1 saturated heterocycles. The molecule has 1 heterocycles. The second-order valence-electron chi connectivity index (χ2n) is 4.86. The SMILES string of the molecule is O=C(C(=O)N1CCCC1)c1cccc2ccccc12. The summed E-state index contributed by atoms with van der Waals surface area (Å²) in [5, 5.41) is 1.84. The van der Waals surface area contributed by atoms with E-state index >= 15 is 0 Å². The molecule has 0 aromatic heterocycles. The van der Waals surface area contributed by atoms with E-state index in [1.807, 2.05) is 36.4 Å². The van der Waals surface area contributed by atoms with Gasteiger partial charge in [0.2, 0.25) is 0 Å². The van der Waals surface area contributed by atoms with Crippen LogP contribution in [0.25, 0.3) is 10.8 Å². The quantitative estimate of drug-likeness (QED) is 0.609. The fourth-order valence-corrected chi connectivity index (χ4v) is 2.60. The summed E-state index contributed by atoms with van der Waals surface area (Å²) in [5.41, 5.74) is 0.509. The number of ketones is 1. The third-order valence-electron chi connectivity index (χ3n) is 3.62. The molecule has 1 amide bonds. The highest BCUT2D eigenvalue weighted by Gasteiger charge is 2.26. The molecule has 3 nitrogen and oxygen atoms in total. The highest BCUT2D eigenvalue weighted by atomic mass is 16.2. The van der Waals surface area contributed by atoms with Gasteiger partial charge in [-0.05, 0) is 23.6 Å². The lowest BCUT2D eigenvalue weighted by Crippen LogP contribution is -2.34. The van der Waals surface area contributed by atoms with Crippen molar-refractivity contribution >= 4 is 22.5 Å². The Morgan fingerprint density at radius 2 is 1.58 bits per heavy atom. The Kier molecular flexibility index (Phi) is 3.03. The third kappa shape index (κ3) is 2.12. The minimum absolute atomic E-state index is 0.367. The molecule has 0 saturated carbocycles. The molecule has 1 aliphatic rings. The topological polar surface area (TPSA) is 37.4 Å². The predicted octanol–water partition coefficient (Wildman–Crippen LogP) is 2.64. The molecule has 3 rings (SSSR count). The maximum Gasteiger partial charge on any atom is 0.294 e. The first-order valence-electron chi connectivity index (χ1n) is 6.59. The Bertz CT molecular complexity index is 637. The van der Waals surface area contributed by atoms with Crippen LogP contribution in [0.5, 0.6) is 0 Å². The molecule has 19 heavy (non-hydrogen) atoms. The van der Waals surface area contributed by atoms with E-state index in [9.17, 15) is 9.59 Å². The van der Waals surface area contributed by atoms with Gasteiger partial charge in [0.1, 0.15) is 0 Å². The molecule has 1 fully saturated rings. The Hall–Kier alpha value is -2.16. The van der Waals surface area contributed by atoms with Gasteiger partial charge in [-0.2, -0.15) is 0 Å². The van der Waals surface area contributed by atoms with Crippen LogP contribution in [0.1, 0.15) is 23.2 Å². The molecular weight excluding hydrogens is 238 g/mol. The third-order valence-corrected chi connectivity index (χ3v) is 3.62. The molecule has 96 valence electrons. The first-order chi connectivity index (χ1) is 9.27. The molecule has 0 aliphatic carbocycles. The van der Waals surface area contributed by atoms with Crippen molar-refractivity contribution in [1.29, 1.82) is 0 Å². The minimum atomic E-state index is -0.390. The second-order valence-corrected chi connectivity index (χ2v) is 4.86. The van der Waals surface area contributed by atoms with E-state index in [-0.39, 0.29) is 5.91 Å². The van der Waals surface area contributed by atoms with Crippen LogP contribution in [0, 0.1) is 0 Å². The van der Waals surface area contributed by atoms with Gasteiger partial charge in [-0.25, -0.2) is 0 Å². The summed E-state index contributed by atoms with van der Waals surface area (Å²) in [7, 11) is 0. The zero-order chi connectivity index (χ0) is 13.2. The van der Waals surface area contributed by atoms with E-state index in [2.05, 4.69) is 0 Å². The molecule has 1 aliphatic heterocycles. The Balaban J connectivity index is 1.99. The minimum Gasteiger partial charge on any atom is -0.336 e. The summed E-state index contributed by atoms with van der Waals surface area (Å²) in [5.74, 6) is -0.757. The first kappa shape index (κ1) is 11.9. The van der Waals surface area contributed by atoms with Gasteiger partial charge >= 0.3 is 0 Å². The summed E-state index contributed by atoms with van der Waals surface area (Å²) in [4.78, 5) is 26.2. The van der Waals surface area contributed by atoms with Crippen LogP contribution in [0.15, 0.2) is 42.5 Å². The molecule has 2 aromatic rings. The molecule has 0 N–H and O–H groups in total. The molecule has 0 atom stereocenters. The van der Waals surface area contributed by atoms with Crippen molar-refractivity contribution in [3.05, 3.63) is 48.0 Å². The zero-order valence-electron chi connectivity index (χ0n) is 10.6. The van der Waals surface area contributed by atoms with E-state index in [0.29, 0.717) is 18.7 Å². The Labute approximate surface area is 111 Å². The fraction of sp³-hybridized carbons (Fsp3) is 0.250. The maximum atomic E-state index is 12.4. The number of hydrogen-bond donors (Lipinski definition) is 0. The number of likely N-dealkylation sites (tertiary alicyclic amines) is 1. The van der Waals surface area contributed by atoms with Crippen molar-refractivity contribution in [3.63, 3.8) is 0 Å². The van der Waals surface area contributed by atoms with Gasteiger partial charge in [0.05, 0.1) is 0 Å². The molecular formula is C16H15NO2. The monoisotopic (exact) mass is 253 g/mol. The van der Waals surface area contributed by atoms with E-state index in [0.717, 1.165) is 23.6 Å². The number of nitrogens with zero attached hydrogens (tertiary/aromatic N) is 1. The number of carbonyl (C=O) groups is 2. The molecule has 3 heteroatoms. The number of carbonyl (C=O) groups excluding carboxylic acids is 2. The summed E-state index contributed by atoms with van der Waals surface area (Å²) in [6.07, 6.45) is 1.99. The fourth-order valence-electron chi connectivity index (χ4n) is 2.60. The number of benzene rings is 2. The van der Waals surface area contributed by atoms with Crippen LogP contribution in [-0.2, 0) is 4.79 Å². The lowest BCUT2D eigenvalue weighted by molar-refractivity contribution is -0.125. The summed E-state index contributed by atoms with van der Waals surface area (Å²) in [6.45, 7) is 1.41. The van der Waals surface area contributed by atoms with Crippen LogP contribution < -0.4 is 0 Å². The number of rotatable bonds is 2. The summed E-state index contributed by atoms with van der Waals surface area (Å²) < 4.78 is 0. The van der Waals surface area contributed by atoms with Gasteiger partial charge in [0.15, 0.2) is 0 Å². The number of Topliss-reactive ketones (excluding diaryl/α,β-unsaturated/α-hetero) is 1. The number of amides is 1. The lowest BCUT2D eigenvalue weighted by atomic mass is 10.0. The zero-order valence-corrected chi connectivity index (χ0v) is 10.6. The largest absolute Gasteiger partial charge is 0.336 e. The van der Waals surface area contributed by atoms with Gasteiger partial charge in [-0.15, -0.1) is 0 Å². The van der Waals surface area contributed by atoms with Crippen molar-refractivity contribution in [1.82, 2.24) is 4.90 Å². The normalized spacial score (nSPS) is 14.8. The van der Waals surface area contributed by atoms with E-state index < -0.39 is 5.78 Å². The van der Waals surface area contributed by atoms with Gasteiger partial charge in [0, 0.05) is 18.7 Å². The lowest BCUT2D eigenvalue weighted by Gasteiger charge is -2.14. The van der Waals surface area contributed by atoms with Crippen LogP contribution >= 0.6 is 0 Å². The average Bonchev–Trinajstić information content (AvgIpc) is 2.99. The standard InChI is InChI=1S/C16H15NO2/c18-15(16(19)17-10-3-4-11-17)14-9-5-7-12-6-1-2-8-13(12)14/h1-2,5-9H,3-4,10-11H2. The predicted molar refractivity (Wildman–Crippen MR) is 74.1 cm³/mol. The van der Waals surface area contributed by atoms with Crippen LogP contribution in [0.2, 0.25) is 0 Å². The van der Waals surface area contributed by atoms with Gasteiger partial charge in [-0.3, -0.25) is 9.59 Å². The van der Waals surface area contributed by atoms with Crippen molar-refractivity contribution in [2.75, 3.05) is 13.1 Å². The maximum absolute atomic E-state index is 12.4. The van der Waals surface area contributed by atoms with Crippen molar-refractivity contribution in [2.24, 2.45) is 0 Å². The Morgan fingerprint density at radius 1 is 0.895 bits per heavy atom. The van der Waals surface area contributed by atoms with Crippen LogP contribution in [0.3, 0.4) is 0 Å². The van der Waals surface area contributed by atoms with E-state index in [1.165, 1.54) is 0 Å². The molecule has 0 bridgehead atoms. The number of fused-ring (bicyclic) bond motifs is 1. The average molecular weight is 253 g/mol. The molecule has 0 radical (unpaired) electrons. The molecule has 0 spiro atoms. The molecule has 0 unspecified atom stereocenters.